The molecule has 1 aromatic heterocycles. The maximum Gasteiger partial charge on any atom is 0.340 e. The van der Waals surface area contributed by atoms with E-state index in [1.54, 1.807) is 26.0 Å². The Morgan fingerprint density at radius 1 is 0.935 bits per heavy atom. The van der Waals surface area contributed by atoms with E-state index in [0.29, 0.717) is 29.1 Å². The highest BCUT2D eigenvalue weighted by molar-refractivity contribution is 6.48. The van der Waals surface area contributed by atoms with Crippen molar-refractivity contribution in [3.63, 3.8) is 0 Å². The van der Waals surface area contributed by atoms with Gasteiger partial charge in [0.1, 0.15) is 5.69 Å². The lowest BCUT2D eigenvalue weighted by Crippen LogP contribution is -2.37. The first kappa shape index (κ1) is 22.0. The highest BCUT2D eigenvalue weighted by Gasteiger charge is 2.32. The molecule has 1 heterocycles. The number of ketones is 1. The van der Waals surface area contributed by atoms with E-state index in [-0.39, 0.29) is 17.9 Å². The van der Waals surface area contributed by atoms with E-state index < -0.39 is 17.7 Å². The van der Waals surface area contributed by atoms with Gasteiger partial charge in [0.2, 0.25) is 0 Å². The third-order valence-corrected chi connectivity index (χ3v) is 5.12. The lowest BCUT2D eigenvalue weighted by atomic mass is 9.98. The Kier molecular flexibility index (Phi) is 6.70. The van der Waals surface area contributed by atoms with Crippen molar-refractivity contribution in [2.24, 2.45) is 0 Å². The predicted molar refractivity (Wildman–Crippen MR) is 120 cm³/mol. The van der Waals surface area contributed by atoms with Gasteiger partial charge in [0.05, 0.1) is 12.2 Å². The summed E-state index contributed by atoms with van der Waals surface area (Å²) >= 11 is 0. The van der Waals surface area contributed by atoms with Crippen molar-refractivity contribution in [2.75, 3.05) is 18.1 Å². The Hall–Kier alpha value is -3.67. The van der Waals surface area contributed by atoms with Crippen LogP contribution in [0.1, 0.15) is 46.0 Å². The number of aromatic amines is 1. The summed E-state index contributed by atoms with van der Waals surface area (Å²) in [5, 5.41) is 0. The Morgan fingerprint density at radius 3 is 2.19 bits per heavy atom. The van der Waals surface area contributed by atoms with E-state index in [0.717, 1.165) is 5.56 Å². The molecule has 0 aliphatic carbocycles. The van der Waals surface area contributed by atoms with Crippen LogP contribution in [0.4, 0.5) is 5.69 Å². The molecule has 31 heavy (non-hydrogen) atoms. The van der Waals surface area contributed by atoms with Gasteiger partial charge in [-0.15, -0.1) is 0 Å². The average molecular weight is 418 g/mol. The molecule has 1 amide bonds. The Morgan fingerprint density at radius 2 is 1.58 bits per heavy atom. The largest absolute Gasteiger partial charge is 0.462 e. The maximum absolute atomic E-state index is 13.4. The van der Waals surface area contributed by atoms with Crippen molar-refractivity contribution in [1.29, 1.82) is 0 Å². The number of ether oxygens (including phenoxy) is 1. The standard InChI is InChI=1S/C25H26N2O4/c1-5-27(19-15-11-10-12-16(19)3)24(29)23(28)22-21(18-13-8-7-9-14-18)20(17(4)26-22)25(30)31-6-2/h7-15,26H,5-6H2,1-4H3. The molecule has 0 spiro atoms. The summed E-state index contributed by atoms with van der Waals surface area (Å²) in [7, 11) is 0. The number of aryl methyl sites for hydroxylation is 2. The smallest absolute Gasteiger partial charge is 0.340 e. The molecule has 0 unspecified atom stereocenters. The second-order valence-electron chi connectivity index (χ2n) is 7.13. The highest BCUT2D eigenvalue weighted by atomic mass is 16.5. The molecule has 0 radical (unpaired) electrons. The number of hydrogen-bond acceptors (Lipinski definition) is 4. The Bertz CT molecular complexity index is 1120. The summed E-state index contributed by atoms with van der Waals surface area (Å²) in [5.41, 5.74) is 3.45. The number of aromatic nitrogens is 1. The van der Waals surface area contributed by atoms with Gasteiger partial charge in [-0.25, -0.2) is 4.79 Å². The van der Waals surface area contributed by atoms with Crippen LogP contribution >= 0.6 is 0 Å². The summed E-state index contributed by atoms with van der Waals surface area (Å²) in [6.45, 7) is 7.66. The molecule has 3 rings (SSSR count). The van der Waals surface area contributed by atoms with E-state index in [1.165, 1.54) is 4.90 Å². The number of nitrogens with zero attached hydrogens (tertiary/aromatic N) is 1. The minimum absolute atomic E-state index is 0.0868. The fourth-order valence-electron chi connectivity index (χ4n) is 3.67. The zero-order valence-corrected chi connectivity index (χ0v) is 18.2. The minimum atomic E-state index is -0.706. The van der Waals surface area contributed by atoms with Crippen LogP contribution in [0.3, 0.4) is 0 Å². The molecule has 0 saturated heterocycles. The number of esters is 1. The number of Topliss-reactive ketones (excluding diaryl/α,β-unsaturated/α-hetero) is 1. The quantitative estimate of drug-likeness (QED) is 0.342. The molecule has 6 nitrogen and oxygen atoms in total. The topological polar surface area (TPSA) is 79.5 Å². The van der Waals surface area contributed by atoms with Crippen LogP contribution in [-0.4, -0.2) is 35.8 Å². The van der Waals surface area contributed by atoms with Crippen LogP contribution in [0.2, 0.25) is 0 Å². The fourth-order valence-corrected chi connectivity index (χ4v) is 3.67. The number of anilines is 1. The van der Waals surface area contributed by atoms with Crippen molar-refractivity contribution in [2.45, 2.75) is 27.7 Å². The molecule has 0 bridgehead atoms. The first-order valence-electron chi connectivity index (χ1n) is 10.3. The summed E-state index contributed by atoms with van der Waals surface area (Å²) in [5.74, 6) is -1.90. The summed E-state index contributed by atoms with van der Waals surface area (Å²) in [6, 6.07) is 16.5. The molecule has 0 aliphatic heterocycles. The third-order valence-electron chi connectivity index (χ3n) is 5.12. The molecule has 0 atom stereocenters. The molecule has 0 fully saturated rings. The molecule has 0 aliphatic rings. The third kappa shape index (κ3) is 4.28. The molecule has 3 aromatic rings. The van der Waals surface area contributed by atoms with E-state index in [1.807, 2.05) is 56.3 Å². The highest BCUT2D eigenvalue weighted by Crippen LogP contribution is 2.32. The van der Waals surface area contributed by atoms with Gasteiger partial charge in [0.15, 0.2) is 0 Å². The molecular weight excluding hydrogens is 392 g/mol. The number of H-pyrrole nitrogens is 1. The van der Waals surface area contributed by atoms with Gasteiger partial charge in [0, 0.05) is 23.5 Å². The zero-order valence-electron chi connectivity index (χ0n) is 18.2. The summed E-state index contributed by atoms with van der Waals surface area (Å²) in [6.07, 6.45) is 0. The number of carbonyl (C=O) groups excluding carboxylic acids is 3. The normalized spacial score (nSPS) is 10.6. The van der Waals surface area contributed by atoms with Crippen LogP contribution in [0.15, 0.2) is 54.6 Å². The first-order chi connectivity index (χ1) is 14.9. The first-order valence-corrected chi connectivity index (χ1v) is 10.3. The van der Waals surface area contributed by atoms with Crippen LogP contribution in [0, 0.1) is 13.8 Å². The predicted octanol–water partition coefficient (Wildman–Crippen LogP) is 4.71. The van der Waals surface area contributed by atoms with Gasteiger partial charge >= 0.3 is 11.9 Å². The zero-order chi connectivity index (χ0) is 22.5. The van der Waals surface area contributed by atoms with Crippen molar-refractivity contribution >= 4 is 23.3 Å². The van der Waals surface area contributed by atoms with Crippen LogP contribution in [-0.2, 0) is 9.53 Å². The number of hydrogen-bond donors (Lipinski definition) is 1. The van der Waals surface area contributed by atoms with Crippen molar-refractivity contribution < 1.29 is 19.1 Å². The van der Waals surface area contributed by atoms with E-state index in [4.69, 9.17) is 4.74 Å². The van der Waals surface area contributed by atoms with Crippen molar-refractivity contribution in [1.82, 2.24) is 4.98 Å². The van der Waals surface area contributed by atoms with Crippen LogP contribution in [0.5, 0.6) is 0 Å². The fraction of sp³-hybridized carbons (Fsp3) is 0.240. The van der Waals surface area contributed by atoms with Gasteiger partial charge in [-0.3, -0.25) is 9.59 Å². The summed E-state index contributed by atoms with van der Waals surface area (Å²) < 4.78 is 5.21. The number of benzene rings is 2. The van der Waals surface area contributed by atoms with Gasteiger partial charge in [-0.2, -0.15) is 0 Å². The number of likely N-dealkylation sites (N-methyl/N-ethyl adjacent to an activating group) is 1. The number of carbonyl (C=O) groups is 3. The van der Waals surface area contributed by atoms with E-state index in [2.05, 4.69) is 4.98 Å². The summed E-state index contributed by atoms with van der Waals surface area (Å²) in [4.78, 5) is 43.8. The molecule has 160 valence electrons. The van der Waals surface area contributed by atoms with Crippen molar-refractivity contribution in [3.8, 4) is 11.1 Å². The molecular formula is C25H26N2O4. The maximum atomic E-state index is 13.4. The second kappa shape index (κ2) is 9.43. The van der Waals surface area contributed by atoms with Gasteiger partial charge in [-0.05, 0) is 44.9 Å². The molecule has 1 N–H and O–H groups in total. The molecule has 6 heteroatoms. The van der Waals surface area contributed by atoms with Crippen molar-refractivity contribution in [3.05, 3.63) is 77.1 Å². The van der Waals surface area contributed by atoms with E-state index >= 15 is 0 Å². The lowest BCUT2D eigenvalue weighted by molar-refractivity contribution is -0.114. The number of para-hydroxylation sites is 1. The van der Waals surface area contributed by atoms with Gasteiger partial charge in [-0.1, -0.05) is 48.5 Å². The minimum Gasteiger partial charge on any atom is -0.462 e. The molecule has 0 saturated carbocycles. The SMILES string of the molecule is CCOC(=O)c1c(C)[nH]c(C(=O)C(=O)N(CC)c2ccccc2C)c1-c1ccccc1. The Balaban J connectivity index is 2.12. The second-order valence-corrected chi connectivity index (χ2v) is 7.13. The van der Waals surface area contributed by atoms with Crippen LogP contribution < -0.4 is 4.90 Å². The van der Waals surface area contributed by atoms with Crippen LogP contribution in [0.25, 0.3) is 11.1 Å². The lowest BCUT2D eigenvalue weighted by Gasteiger charge is -2.22. The van der Waals surface area contributed by atoms with E-state index in [9.17, 15) is 14.4 Å². The number of nitrogens with one attached hydrogen (secondary N) is 1. The number of amides is 1. The Labute approximate surface area is 181 Å². The van der Waals surface area contributed by atoms with Gasteiger partial charge < -0.3 is 14.6 Å². The number of rotatable bonds is 7. The average Bonchev–Trinajstić information content (AvgIpc) is 3.12. The molecule has 2 aromatic carbocycles. The van der Waals surface area contributed by atoms with Gasteiger partial charge in [0.25, 0.3) is 5.78 Å². The monoisotopic (exact) mass is 418 g/mol.